The summed E-state index contributed by atoms with van der Waals surface area (Å²) in [6, 6.07) is 0. The monoisotopic (exact) mass is 191 g/mol. The number of hydrogen-bond acceptors (Lipinski definition) is 1. The summed E-state index contributed by atoms with van der Waals surface area (Å²) in [6.45, 7) is 7.27. The van der Waals surface area contributed by atoms with Crippen molar-refractivity contribution in [3.8, 4) is 11.8 Å². The Balaban J connectivity index is 2.67. The van der Waals surface area contributed by atoms with Crippen molar-refractivity contribution in [2.75, 3.05) is 13.1 Å². The van der Waals surface area contributed by atoms with E-state index in [4.69, 9.17) is 0 Å². The largest absolute Gasteiger partial charge is 0.338 e. The molecule has 0 fully saturated rings. The van der Waals surface area contributed by atoms with E-state index in [2.05, 4.69) is 11.8 Å². The molecule has 1 amide bonds. The Morgan fingerprint density at radius 3 is 2.79 bits per heavy atom. The normalized spacial score (nSPS) is 18.9. The van der Waals surface area contributed by atoms with Crippen LogP contribution in [0.25, 0.3) is 0 Å². The summed E-state index contributed by atoms with van der Waals surface area (Å²) in [5.41, 5.74) is -0.291. The second kappa shape index (κ2) is 4.32. The van der Waals surface area contributed by atoms with Crippen LogP contribution in [0.1, 0.15) is 27.2 Å². The van der Waals surface area contributed by atoms with Crippen molar-refractivity contribution in [3.63, 3.8) is 0 Å². The smallest absolute Gasteiger partial charge is 0.228 e. The lowest BCUT2D eigenvalue weighted by Crippen LogP contribution is -2.40. The van der Waals surface area contributed by atoms with Gasteiger partial charge in [0.1, 0.15) is 0 Å². The van der Waals surface area contributed by atoms with Gasteiger partial charge in [-0.05, 0) is 6.08 Å². The first kappa shape index (κ1) is 10.8. The third-order valence-corrected chi connectivity index (χ3v) is 2.06. The Hall–Kier alpha value is -1.23. The van der Waals surface area contributed by atoms with Crippen LogP contribution in [0.4, 0.5) is 0 Å². The highest BCUT2D eigenvalue weighted by Crippen LogP contribution is 2.17. The molecule has 1 heterocycles. The van der Waals surface area contributed by atoms with Crippen molar-refractivity contribution in [3.05, 3.63) is 12.2 Å². The molecule has 0 aromatic heterocycles. The average molecular weight is 191 g/mol. The van der Waals surface area contributed by atoms with Gasteiger partial charge in [0, 0.05) is 24.9 Å². The number of hydrogen-bond donors (Lipinski definition) is 0. The highest BCUT2D eigenvalue weighted by molar-refractivity contribution is 5.81. The van der Waals surface area contributed by atoms with Gasteiger partial charge in [-0.2, -0.15) is 0 Å². The Morgan fingerprint density at radius 1 is 1.43 bits per heavy atom. The van der Waals surface area contributed by atoms with Crippen LogP contribution in [0.2, 0.25) is 0 Å². The Kier molecular flexibility index (Phi) is 3.35. The standard InChI is InChI=1S/C12H17NO/c1-12(2,3)11(14)13-9-7-5-4-6-8-10-13/h5,7H,8-10H2,1-3H3/b7-5-. The Labute approximate surface area is 86.0 Å². The van der Waals surface area contributed by atoms with Gasteiger partial charge in [-0.3, -0.25) is 4.79 Å². The van der Waals surface area contributed by atoms with Gasteiger partial charge in [0.2, 0.25) is 5.91 Å². The molecule has 0 bridgehead atoms. The first-order valence-electron chi connectivity index (χ1n) is 4.94. The molecule has 2 heteroatoms. The number of amides is 1. The minimum atomic E-state index is -0.291. The zero-order valence-electron chi connectivity index (χ0n) is 9.13. The van der Waals surface area contributed by atoms with E-state index >= 15 is 0 Å². The van der Waals surface area contributed by atoms with E-state index in [9.17, 15) is 4.79 Å². The van der Waals surface area contributed by atoms with Crippen LogP contribution in [0.3, 0.4) is 0 Å². The van der Waals surface area contributed by atoms with E-state index in [0.29, 0.717) is 6.54 Å². The molecule has 0 saturated carbocycles. The van der Waals surface area contributed by atoms with Gasteiger partial charge < -0.3 is 4.90 Å². The lowest BCUT2D eigenvalue weighted by molar-refractivity contribution is -0.138. The summed E-state index contributed by atoms with van der Waals surface area (Å²) in [5, 5.41) is 0. The molecular weight excluding hydrogens is 174 g/mol. The molecule has 0 aromatic rings. The predicted molar refractivity (Wildman–Crippen MR) is 57.6 cm³/mol. The van der Waals surface area contributed by atoms with E-state index in [1.807, 2.05) is 37.8 Å². The Morgan fingerprint density at radius 2 is 2.14 bits per heavy atom. The lowest BCUT2D eigenvalue weighted by Gasteiger charge is -2.28. The van der Waals surface area contributed by atoms with Gasteiger partial charge in [0.25, 0.3) is 0 Å². The topological polar surface area (TPSA) is 20.3 Å². The zero-order valence-corrected chi connectivity index (χ0v) is 9.13. The SMILES string of the molecule is CC(C)(C)C(=O)N1C/C=C\C#CCC1. The maximum absolute atomic E-state index is 11.9. The van der Waals surface area contributed by atoms with Gasteiger partial charge in [0.15, 0.2) is 0 Å². The van der Waals surface area contributed by atoms with Crippen molar-refractivity contribution < 1.29 is 4.79 Å². The van der Waals surface area contributed by atoms with Gasteiger partial charge >= 0.3 is 0 Å². The van der Waals surface area contributed by atoms with Crippen LogP contribution in [0, 0.1) is 17.3 Å². The number of carbonyl (C=O) groups is 1. The average Bonchev–Trinajstić information content (AvgIpc) is 2.00. The maximum atomic E-state index is 11.9. The number of allylic oxidation sites excluding steroid dienone is 1. The summed E-state index contributed by atoms with van der Waals surface area (Å²) in [6.07, 6.45) is 4.53. The molecule has 0 saturated heterocycles. The first-order valence-corrected chi connectivity index (χ1v) is 4.94. The van der Waals surface area contributed by atoms with Crippen LogP contribution in [0.5, 0.6) is 0 Å². The van der Waals surface area contributed by atoms with Gasteiger partial charge in [0.05, 0.1) is 0 Å². The van der Waals surface area contributed by atoms with Crippen LogP contribution < -0.4 is 0 Å². The highest BCUT2D eigenvalue weighted by Gasteiger charge is 2.26. The molecule has 76 valence electrons. The Bertz CT molecular complexity index is 299. The molecule has 0 unspecified atom stereocenters. The lowest BCUT2D eigenvalue weighted by atomic mass is 9.94. The molecule has 0 aromatic carbocycles. The predicted octanol–water partition coefficient (Wildman–Crippen LogP) is 1.82. The molecule has 0 atom stereocenters. The molecule has 14 heavy (non-hydrogen) atoms. The molecular formula is C12H17NO. The zero-order chi connectivity index (χ0) is 10.6. The fourth-order valence-corrected chi connectivity index (χ4v) is 1.31. The summed E-state index contributed by atoms with van der Waals surface area (Å²) >= 11 is 0. The van der Waals surface area contributed by atoms with Crippen molar-refractivity contribution >= 4 is 5.91 Å². The van der Waals surface area contributed by atoms with Crippen LogP contribution in [0.15, 0.2) is 12.2 Å². The summed E-state index contributed by atoms with van der Waals surface area (Å²) in [4.78, 5) is 13.8. The third kappa shape index (κ3) is 2.92. The number of nitrogens with zero attached hydrogens (tertiary/aromatic N) is 1. The second-order valence-electron chi connectivity index (χ2n) is 4.47. The molecule has 1 aliphatic heterocycles. The molecule has 1 aliphatic rings. The van der Waals surface area contributed by atoms with Crippen LogP contribution >= 0.6 is 0 Å². The molecule has 1 rings (SSSR count). The minimum absolute atomic E-state index is 0.200. The van der Waals surface area contributed by atoms with Crippen LogP contribution in [-0.2, 0) is 4.79 Å². The second-order valence-corrected chi connectivity index (χ2v) is 4.47. The first-order chi connectivity index (χ1) is 6.52. The number of carbonyl (C=O) groups excluding carboxylic acids is 1. The molecule has 0 radical (unpaired) electrons. The van der Waals surface area contributed by atoms with E-state index in [1.165, 1.54) is 0 Å². The van der Waals surface area contributed by atoms with Gasteiger partial charge in [-0.15, -0.1) is 0 Å². The molecule has 2 nitrogen and oxygen atoms in total. The number of rotatable bonds is 0. The van der Waals surface area contributed by atoms with E-state index in [-0.39, 0.29) is 11.3 Å². The van der Waals surface area contributed by atoms with Gasteiger partial charge in [-0.1, -0.05) is 38.7 Å². The van der Waals surface area contributed by atoms with Crippen molar-refractivity contribution in [2.45, 2.75) is 27.2 Å². The van der Waals surface area contributed by atoms with Crippen molar-refractivity contribution in [2.24, 2.45) is 5.41 Å². The summed E-state index contributed by atoms with van der Waals surface area (Å²) in [7, 11) is 0. The quantitative estimate of drug-likeness (QED) is 0.535. The molecule has 0 aliphatic carbocycles. The maximum Gasteiger partial charge on any atom is 0.228 e. The molecule has 0 spiro atoms. The van der Waals surface area contributed by atoms with E-state index in [0.717, 1.165) is 13.0 Å². The fourth-order valence-electron chi connectivity index (χ4n) is 1.31. The van der Waals surface area contributed by atoms with Crippen molar-refractivity contribution in [1.29, 1.82) is 0 Å². The van der Waals surface area contributed by atoms with E-state index < -0.39 is 0 Å². The molecule has 0 N–H and O–H groups in total. The summed E-state index contributed by atoms with van der Waals surface area (Å²) in [5.74, 6) is 6.11. The van der Waals surface area contributed by atoms with E-state index in [1.54, 1.807) is 0 Å². The van der Waals surface area contributed by atoms with Crippen molar-refractivity contribution in [1.82, 2.24) is 4.90 Å². The third-order valence-electron chi connectivity index (χ3n) is 2.06. The highest BCUT2D eigenvalue weighted by atomic mass is 16.2. The van der Waals surface area contributed by atoms with Crippen LogP contribution in [-0.4, -0.2) is 23.9 Å². The summed E-state index contributed by atoms with van der Waals surface area (Å²) < 4.78 is 0. The fraction of sp³-hybridized carbons (Fsp3) is 0.583. The minimum Gasteiger partial charge on any atom is -0.338 e. The van der Waals surface area contributed by atoms with Gasteiger partial charge in [-0.25, -0.2) is 0 Å².